The van der Waals surface area contributed by atoms with Crippen molar-refractivity contribution in [2.24, 2.45) is 0 Å². The molecular weight excluding hydrogens is 464 g/mol. The minimum absolute atomic E-state index is 0.0282. The lowest BCUT2D eigenvalue weighted by molar-refractivity contribution is -0.122. The monoisotopic (exact) mass is 490 g/mol. The van der Waals surface area contributed by atoms with Gasteiger partial charge in [0.1, 0.15) is 0 Å². The average molecular weight is 491 g/mol. The molecule has 0 atom stereocenters. The van der Waals surface area contributed by atoms with Gasteiger partial charge in [0.25, 0.3) is 0 Å². The van der Waals surface area contributed by atoms with Gasteiger partial charge in [0.2, 0.25) is 15.9 Å². The number of rotatable bonds is 7. The summed E-state index contributed by atoms with van der Waals surface area (Å²) in [5.74, 6) is 0.0282. The number of hydrogen-bond acceptors (Lipinski definition) is 3. The van der Waals surface area contributed by atoms with Gasteiger partial charge in [0, 0.05) is 24.0 Å². The molecule has 2 aliphatic rings. The Bertz CT molecular complexity index is 994. The Hall–Kier alpha value is -1.70. The number of nitrogens with zero attached hydrogens (tertiary/aromatic N) is 1. The third-order valence-electron chi connectivity index (χ3n) is 6.04. The molecule has 4 rings (SSSR count). The molecule has 0 aromatic heterocycles. The Labute approximate surface area is 187 Å². The molecule has 1 aliphatic carbocycles. The molecule has 5 nitrogen and oxygen atoms in total. The van der Waals surface area contributed by atoms with Gasteiger partial charge in [-0.3, -0.25) is 4.79 Å². The maximum absolute atomic E-state index is 12.7. The van der Waals surface area contributed by atoms with Crippen LogP contribution >= 0.6 is 15.9 Å². The molecule has 1 aliphatic heterocycles. The van der Waals surface area contributed by atoms with E-state index in [1.807, 2.05) is 24.3 Å². The number of carbonyl (C=O) groups is 1. The Kier molecular flexibility index (Phi) is 6.32. The Balaban J connectivity index is 1.33. The van der Waals surface area contributed by atoms with Crippen LogP contribution in [-0.2, 0) is 26.8 Å². The largest absolute Gasteiger partial charge is 0.347 e. The van der Waals surface area contributed by atoms with Crippen LogP contribution in [-0.4, -0.2) is 31.7 Å². The van der Waals surface area contributed by atoms with Crippen LogP contribution in [0.15, 0.2) is 57.9 Å². The van der Waals surface area contributed by atoms with E-state index in [4.69, 9.17) is 0 Å². The molecule has 0 unspecified atom stereocenters. The van der Waals surface area contributed by atoms with Crippen molar-refractivity contribution in [1.29, 1.82) is 0 Å². The van der Waals surface area contributed by atoms with Gasteiger partial charge in [-0.25, -0.2) is 8.42 Å². The highest BCUT2D eigenvalue weighted by Crippen LogP contribution is 2.45. The van der Waals surface area contributed by atoms with Gasteiger partial charge >= 0.3 is 0 Å². The number of sulfonamides is 1. The standard InChI is InChI=1S/C23H27BrN2O3S/c24-20-9-7-19(8-10-20)23(14-15-23)25-22(27)13-6-18-4-11-21(12-5-18)30(28,29)26-16-2-1-3-17-26/h4-5,7-12H,1-3,6,13-17H2,(H,25,27). The number of benzene rings is 2. The molecule has 2 aromatic carbocycles. The Morgan fingerprint density at radius 1 is 0.967 bits per heavy atom. The maximum atomic E-state index is 12.7. The molecular formula is C23H27BrN2O3S. The first-order valence-electron chi connectivity index (χ1n) is 10.6. The van der Waals surface area contributed by atoms with Crippen LogP contribution < -0.4 is 5.32 Å². The van der Waals surface area contributed by atoms with Gasteiger partial charge < -0.3 is 5.32 Å². The second kappa shape index (κ2) is 8.81. The number of aryl methyl sites for hydroxylation is 1. The topological polar surface area (TPSA) is 66.5 Å². The molecule has 160 valence electrons. The summed E-state index contributed by atoms with van der Waals surface area (Å²) >= 11 is 3.45. The molecule has 1 amide bonds. The maximum Gasteiger partial charge on any atom is 0.243 e. The minimum Gasteiger partial charge on any atom is -0.347 e. The van der Waals surface area contributed by atoms with E-state index in [1.54, 1.807) is 16.4 Å². The summed E-state index contributed by atoms with van der Waals surface area (Å²) in [7, 11) is -3.41. The molecule has 7 heteroatoms. The summed E-state index contributed by atoms with van der Waals surface area (Å²) in [6.07, 6.45) is 5.84. The van der Waals surface area contributed by atoms with E-state index in [2.05, 4.69) is 33.4 Å². The van der Waals surface area contributed by atoms with Crippen molar-refractivity contribution in [2.45, 2.75) is 55.4 Å². The fourth-order valence-corrected chi connectivity index (χ4v) is 5.83. The van der Waals surface area contributed by atoms with Crippen molar-refractivity contribution in [3.8, 4) is 0 Å². The first-order chi connectivity index (χ1) is 14.4. The average Bonchev–Trinajstić information content (AvgIpc) is 3.54. The van der Waals surface area contributed by atoms with Gasteiger partial charge in [0.05, 0.1) is 10.4 Å². The fourth-order valence-electron chi connectivity index (χ4n) is 4.05. The molecule has 1 saturated heterocycles. The van der Waals surface area contributed by atoms with E-state index in [0.717, 1.165) is 47.7 Å². The van der Waals surface area contributed by atoms with E-state index in [-0.39, 0.29) is 11.4 Å². The second-order valence-electron chi connectivity index (χ2n) is 8.25. The quantitative estimate of drug-likeness (QED) is 0.626. The number of nitrogens with one attached hydrogen (secondary N) is 1. The Morgan fingerprint density at radius 3 is 2.20 bits per heavy atom. The summed E-state index contributed by atoms with van der Waals surface area (Å²) < 4.78 is 28.1. The van der Waals surface area contributed by atoms with Gasteiger partial charge in [0.15, 0.2) is 0 Å². The van der Waals surface area contributed by atoms with Gasteiger partial charge in [-0.1, -0.05) is 46.6 Å². The lowest BCUT2D eigenvalue weighted by Gasteiger charge is -2.25. The number of piperidine rings is 1. The zero-order valence-corrected chi connectivity index (χ0v) is 19.3. The fraction of sp³-hybridized carbons (Fsp3) is 0.435. The van der Waals surface area contributed by atoms with Crippen molar-refractivity contribution in [3.05, 3.63) is 64.1 Å². The van der Waals surface area contributed by atoms with Crippen LogP contribution in [0, 0.1) is 0 Å². The highest BCUT2D eigenvalue weighted by molar-refractivity contribution is 9.10. The number of carbonyl (C=O) groups excluding carboxylic acids is 1. The third kappa shape index (κ3) is 4.79. The predicted molar refractivity (Wildman–Crippen MR) is 121 cm³/mol. The highest BCUT2D eigenvalue weighted by atomic mass is 79.9. The first-order valence-corrected chi connectivity index (χ1v) is 12.8. The highest BCUT2D eigenvalue weighted by Gasteiger charge is 2.45. The predicted octanol–water partition coefficient (Wildman–Crippen LogP) is 4.36. The molecule has 30 heavy (non-hydrogen) atoms. The van der Waals surface area contributed by atoms with Crippen LogP contribution in [0.5, 0.6) is 0 Å². The normalized spacial score (nSPS) is 18.7. The summed E-state index contributed by atoms with van der Waals surface area (Å²) in [5, 5.41) is 3.20. The van der Waals surface area contributed by atoms with Crippen molar-refractivity contribution in [3.63, 3.8) is 0 Å². The van der Waals surface area contributed by atoms with E-state index >= 15 is 0 Å². The molecule has 0 spiro atoms. The Morgan fingerprint density at radius 2 is 1.60 bits per heavy atom. The van der Waals surface area contributed by atoms with Crippen LogP contribution in [0.1, 0.15) is 49.7 Å². The van der Waals surface area contributed by atoms with Crippen LogP contribution in [0.2, 0.25) is 0 Å². The van der Waals surface area contributed by atoms with Gasteiger partial charge in [-0.15, -0.1) is 0 Å². The van der Waals surface area contributed by atoms with Crippen molar-refractivity contribution < 1.29 is 13.2 Å². The molecule has 1 N–H and O–H groups in total. The number of halogens is 1. The molecule has 2 aromatic rings. The summed E-state index contributed by atoms with van der Waals surface area (Å²) in [6, 6.07) is 15.1. The lowest BCUT2D eigenvalue weighted by Crippen LogP contribution is -2.35. The lowest BCUT2D eigenvalue weighted by atomic mass is 10.0. The van der Waals surface area contributed by atoms with Crippen molar-refractivity contribution in [1.82, 2.24) is 9.62 Å². The second-order valence-corrected chi connectivity index (χ2v) is 11.1. The van der Waals surface area contributed by atoms with Crippen molar-refractivity contribution in [2.75, 3.05) is 13.1 Å². The van der Waals surface area contributed by atoms with E-state index in [0.29, 0.717) is 30.8 Å². The van der Waals surface area contributed by atoms with Gasteiger partial charge in [-0.05, 0) is 67.5 Å². The van der Waals surface area contributed by atoms with Crippen LogP contribution in [0.4, 0.5) is 0 Å². The van der Waals surface area contributed by atoms with E-state index in [9.17, 15) is 13.2 Å². The van der Waals surface area contributed by atoms with E-state index < -0.39 is 10.0 Å². The summed E-state index contributed by atoms with van der Waals surface area (Å²) in [6.45, 7) is 1.20. The van der Waals surface area contributed by atoms with Crippen LogP contribution in [0.25, 0.3) is 0 Å². The first kappa shape index (κ1) is 21.5. The summed E-state index contributed by atoms with van der Waals surface area (Å²) in [5.41, 5.74) is 1.90. The zero-order valence-electron chi connectivity index (χ0n) is 16.9. The van der Waals surface area contributed by atoms with Crippen molar-refractivity contribution >= 4 is 31.9 Å². The smallest absolute Gasteiger partial charge is 0.243 e. The summed E-state index contributed by atoms with van der Waals surface area (Å²) in [4.78, 5) is 12.9. The van der Waals surface area contributed by atoms with E-state index in [1.165, 1.54) is 0 Å². The minimum atomic E-state index is -3.41. The number of hydrogen-bond donors (Lipinski definition) is 1. The third-order valence-corrected chi connectivity index (χ3v) is 8.48. The molecule has 0 radical (unpaired) electrons. The van der Waals surface area contributed by atoms with Gasteiger partial charge in [-0.2, -0.15) is 4.31 Å². The molecule has 1 heterocycles. The SMILES string of the molecule is O=C(CCc1ccc(S(=O)(=O)N2CCCCC2)cc1)NC1(c2ccc(Br)cc2)CC1. The van der Waals surface area contributed by atoms with Crippen LogP contribution in [0.3, 0.4) is 0 Å². The molecule has 1 saturated carbocycles. The molecule has 2 fully saturated rings. The zero-order chi connectivity index (χ0) is 21.2. The number of amides is 1. The molecule has 0 bridgehead atoms.